The van der Waals surface area contributed by atoms with Crippen LogP contribution in [0.1, 0.15) is 72.1 Å². The third-order valence-corrected chi connectivity index (χ3v) is 10.2. The molecular formula is C29H36N4O6. The van der Waals surface area contributed by atoms with E-state index in [1.165, 1.54) is 57.6 Å². The summed E-state index contributed by atoms with van der Waals surface area (Å²) in [6.07, 6.45) is 12.5. The lowest BCUT2D eigenvalue weighted by molar-refractivity contribution is -0.123. The fourth-order valence-electron chi connectivity index (χ4n) is 7.97. The number of nitrogens with zero attached hydrogens (tertiary/aromatic N) is 3. The standard InChI is InChI=1S/C17H22N2O4.C12H14N2O2/c1-15(2,3)23-14(21)19-9-4-12(18-19)22-10-11(20)13-16(5-6-16)17(13)7-8-17;15-8(7-16-9-1-6-13-14-9)10-11(2-3-11)12(10)4-5-12/h4,9,13H,5-8,10H2,1-3H3;1,6,10H,2-5,7H2,(H,13,14). The van der Waals surface area contributed by atoms with Crippen LogP contribution in [0.25, 0.3) is 0 Å². The molecule has 10 heteroatoms. The lowest BCUT2D eigenvalue weighted by Crippen LogP contribution is -2.27. The first kappa shape index (κ1) is 24.8. The second-order valence-corrected chi connectivity index (χ2v) is 13.5. The summed E-state index contributed by atoms with van der Waals surface area (Å²) in [5, 5.41) is 10.5. The van der Waals surface area contributed by atoms with Gasteiger partial charge >= 0.3 is 6.09 Å². The van der Waals surface area contributed by atoms with E-state index in [0.717, 1.165) is 4.68 Å². The summed E-state index contributed by atoms with van der Waals surface area (Å²) in [6, 6.07) is 3.31. The third-order valence-electron chi connectivity index (χ3n) is 10.2. The molecule has 0 amide bonds. The van der Waals surface area contributed by atoms with Gasteiger partial charge in [0.1, 0.15) is 18.8 Å². The van der Waals surface area contributed by atoms with E-state index in [1.54, 1.807) is 39.1 Å². The number of carbonyl (C=O) groups excluding carboxylic acids is 3. The molecule has 0 unspecified atom stereocenters. The Labute approximate surface area is 227 Å². The maximum Gasteiger partial charge on any atom is 0.435 e. The largest absolute Gasteiger partial charge is 0.470 e. The highest BCUT2D eigenvalue weighted by Crippen LogP contribution is 2.93. The Morgan fingerprint density at radius 2 is 1.38 bits per heavy atom. The molecule has 4 spiro atoms. The van der Waals surface area contributed by atoms with Crippen LogP contribution in [0.4, 0.5) is 4.79 Å². The average molecular weight is 537 g/mol. The molecule has 0 saturated heterocycles. The van der Waals surface area contributed by atoms with Gasteiger partial charge < -0.3 is 14.2 Å². The normalized spacial score (nSPS) is 24.6. The Kier molecular flexibility index (Phi) is 5.06. The predicted molar refractivity (Wildman–Crippen MR) is 137 cm³/mol. The number of carbonyl (C=O) groups is 3. The van der Waals surface area contributed by atoms with Crippen molar-refractivity contribution in [3.05, 3.63) is 24.5 Å². The van der Waals surface area contributed by atoms with Crippen LogP contribution >= 0.6 is 0 Å². The molecule has 208 valence electrons. The molecule has 0 atom stereocenters. The number of rotatable bonds is 8. The minimum Gasteiger partial charge on any atom is -0.470 e. The van der Waals surface area contributed by atoms with Crippen molar-refractivity contribution in [1.82, 2.24) is 20.0 Å². The van der Waals surface area contributed by atoms with Crippen molar-refractivity contribution >= 4 is 17.7 Å². The molecule has 0 bridgehead atoms. The van der Waals surface area contributed by atoms with Gasteiger partial charge in [0.25, 0.3) is 0 Å². The number of aromatic nitrogens is 4. The zero-order valence-corrected chi connectivity index (χ0v) is 22.8. The number of Topliss-reactive ketones (excluding diaryl/α,β-unsaturated/α-hetero) is 2. The van der Waals surface area contributed by atoms with E-state index in [9.17, 15) is 14.4 Å². The molecule has 2 aromatic heterocycles. The minimum absolute atomic E-state index is 0.0412. The Balaban J connectivity index is 0.000000138. The molecule has 6 aliphatic rings. The van der Waals surface area contributed by atoms with Crippen LogP contribution in [0.5, 0.6) is 11.8 Å². The summed E-state index contributed by atoms with van der Waals surface area (Å²) in [6.45, 7) is 5.63. The maximum absolute atomic E-state index is 12.4. The van der Waals surface area contributed by atoms with Crippen molar-refractivity contribution < 1.29 is 28.6 Å². The number of aromatic amines is 1. The molecule has 39 heavy (non-hydrogen) atoms. The van der Waals surface area contributed by atoms with Gasteiger partial charge in [0.15, 0.2) is 11.6 Å². The lowest BCUT2D eigenvalue weighted by Gasteiger charge is -2.18. The Morgan fingerprint density at radius 3 is 1.82 bits per heavy atom. The van der Waals surface area contributed by atoms with E-state index in [4.69, 9.17) is 14.2 Å². The third kappa shape index (κ3) is 3.92. The van der Waals surface area contributed by atoms with Crippen molar-refractivity contribution in [1.29, 1.82) is 0 Å². The number of ketones is 2. The number of hydrogen-bond acceptors (Lipinski definition) is 8. The fraction of sp³-hybridized carbons (Fsp3) is 0.690. The van der Waals surface area contributed by atoms with Gasteiger partial charge in [0, 0.05) is 30.2 Å². The molecule has 6 fully saturated rings. The first-order valence-electron chi connectivity index (χ1n) is 14.2. The average Bonchev–Trinajstić information content (AvgIpc) is 3.61. The van der Waals surface area contributed by atoms with Crippen LogP contribution in [-0.4, -0.2) is 56.5 Å². The molecule has 6 saturated carbocycles. The number of ether oxygens (including phenoxy) is 3. The minimum atomic E-state index is -0.580. The highest BCUT2D eigenvalue weighted by Gasteiger charge is 2.89. The van der Waals surface area contributed by atoms with Gasteiger partial charge in [0.05, 0.1) is 6.20 Å². The lowest BCUT2D eigenvalue weighted by atomic mass is 10.2. The molecule has 8 rings (SSSR count). The molecule has 10 nitrogen and oxygen atoms in total. The summed E-state index contributed by atoms with van der Waals surface area (Å²) in [5.74, 6) is 1.88. The second-order valence-electron chi connectivity index (χ2n) is 13.5. The van der Waals surface area contributed by atoms with Gasteiger partial charge in [-0.15, -0.1) is 5.10 Å². The first-order chi connectivity index (χ1) is 18.6. The molecule has 1 N–H and O–H groups in total. The van der Waals surface area contributed by atoms with E-state index in [2.05, 4.69) is 15.3 Å². The summed E-state index contributed by atoms with van der Waals surface area (Å²) in [4.78, 5) is 36.3. The van der Waals surface area contributed by atoms with Crippen LogP contribution in [0.2, 0.25) is 0 Å². The second kappa shape index (κ2) is 7.95. The van der Waals surface area contributed by atoms with Crippen molar-refractivity contribution in [3.8, 4) is 11.8 Å². The van der Waals surface area contributed by atoms with Crippen LogP contribution in [0.3, 0.4) is 0 Å². The van der Waals surface area contributed by atoms with E-state index in [0.29, 0.717) is 39.2 Å². The van der Waals surface area contributed by atoms with Crippen LogP contribution in [-0.2, 0) is 14.3 Å². The highest BCUT2D eigenvalue weighted by molar-refractivity contribution is 5.90. The Morgan fingerprint density at radius 1 is 0.872 bits per heavy atom. The van der Waals surface area contributed by atoms with Crippen molar-refractivity contribution in [3.63, 3.8) is 0 Å². The SMILES string of the molecule is CC(C)(C)OC(=O)n1ccc(OCC(=O)C2C3(CC3)C23CC3)n1.O=C(COc1ccn[nH]1)C1C2(CC2)C12CC2. The van der Waals surface area contributed by atoms with Crippen molar-refractivity contribution in [2.45, 2.75) is 77.7 Å². The van der Waals surface area contributed by atoms with E-state index in [-0.39, 0.29) is 30.8 Å². The number of hydrogen-bond donors (Lipinski definition) is 1. The summed E-state index contributed by atoms with van der Waals surface area (Å²) in [7, 11) is 0. The summed E-state index contributed by atoms with van der Waals surface area (Å²) < 4.78 is 17.2. The zero-order valence-electron chi connectivity index (χ0n) is 22.8. The number of fused-ring (bicyclic) bond motifs is 2. The molecule has 0 aromatic carbocycles. The van der Waals surface area contributed by atoms with E-state index < -0.39 is 11.7 Å². The van der Waals surface area contributed by atoms with Crippen LogP contribution < -0.4 is 9.47 Å². The van der Waals surface area contributed by atoms with Gasteiger partial charge in [-0.25, -0.2) is 9.89 Å². The molecule has 6 aliphatic carbocycles. The maximum atomic E-state index is 12.4. The predicted octanol–water partition coefficient (Wildman–Crippen LogP) is 4.35. The zero-order chi connectivity index (χ0) is 27.3. The van der Waals surface area contributed by atoms with E-state index in [1.807, 2.05) is 0 Å². The van der Waals surface area contributed by atoms with Crippen LogP contribution in [0.15, 0.2) is 24.5 Å². The smallest absolute Gasteiger partial charge is 0.435 e. The van der Waals surface area contributed by atoms with Crippen molar-refractivity contribution in [2.24, 2.45) is 33.5 Å². The molecule has 2 heterocycles. The van der Waals surface area contributed by atoms with Crippen LogP contribution in [0, 0.1) is 33.5 Å². The van der Waals surface area contributed by atoms with Gasteiger partial charge in [-0.3, -0.25) is 9.59 Å². The summed E-state index contributed by atoms with van der Waals surface area (Å²) >= 11 is 0. The highest BCUT2D eigenvalue weighted by atomic mass is 16.6. The van der Waals surface area contributed by atoms with Crippen molar-refractivity contribution in [2.75, 3.05) is 13.2 Å². The quantitative estimate of drug-likeness (QED) is 0.528. The summed E-state index contributed by atoms with van der Waals surface area (Å²) in [5.41, 5.74) is 1.01. The molecule has 0 radical (unpaired) electrons. The topological polar surface area (TPSA) is 125 Å². The number of H-pyrrole nitrogens is 1. The fourth-order valence-corrected chi connectivity index (χ4v) is 7.97. The first-order valence-corrected chi connectivity index (χ1v) is 14.2. The Bertz CT molecular complexity index is 1290. The molecular weight excluding hydrogens is 500 g/mol. The molecule has 0 aliphatic heterocycles. The number of nitrogens with one attached hydrogen (secondary N) is 1. The molecule has 2 aromatic rings. The van der Waals surface area contributed by atoms with Gasteiger partial charge in [-0.2, -0.15) is 9.78 Å². The monoisotopic (exact) mass is 536 g/mol. The van der Waals surface area contributed by atoms with Gasteiger partial charge in [-0.05, 0) is 93.8 Å². The van der Waals surface area contributed by atoms with Gasteiger partial charge in [0.2, 0.25) is 11.8 Å². The van der Waals surface area contributed by atoms with Gasteiger partial charge in [-0.1, -0.05) is 0 Å². The van der Waals surface area contributed by atoms with E-state index >= 15 is 0 Å². The Hall–Kier alpha value is -3.17.